The minimum Gasteiger partial charge on any atom is -0.457 e. The zero-order valence-electron chi connectivity index (χ0n) is 24.8. The highest BCUT2D eigenvalue weighted by atomic mass is 19.1. The predicted molar refractivity (Wildman–Crippen MR) is 142 cm³/mol. The minimum atomic E-state index is -2.12. The molecule has 3 rings (SSSR count). The number of nitrogens with zero attached hydrogens (tertiary/aromatic N) is 1. The number of aliphatic hydroxyl groups is 1. The average Bonchev–Trinajstić information content (AvgIpc) is 3.24. The van der Waals surface area contributed by atoms with E-state index in [2.05, 4.69) is 4.84 Å². The second-order valence-electron chi connectivity index (χ2n) is 12.3. The maximum Gasteiger partial charge on any atom is 0.308 e. The van der Waals surface area contributed by atoms with E-state index in [1.165, 1.54) is 12.2 Å². The smallest absolute Gasteiger partial charge is 0.308 e. The fraction of sp³-hybridized carbons (Fsp3) is 0.759. The van der Waals surface area contributed by atoms with Crippen molar-refractivity contribution in [2.24, 2.45) is 16.7 Å². The molecule has 41 heavy (non-hydrogen) atoms. The molecule has 0 amide bonds. The molecule has 12 heteroatoms. The first-order valence-corrected chi connectivity index (χ1v) is 14.1. The van der Waals surface area contributed by atoms with Crippen molar-refractivity contribution in [3.63, 3.8) is 0 Å². The van der Waals surface area contributed by atoms with Crippen LogP contribution in [0.1, 0.15) is 80.1 Å². The third kappa shape index (κ3) is 6.34. The second-order valence-corrected chi connectivity index (χ2v) is 12.3. The van der Waals surface area contributed by atoms with E-state index in [0.29, 0.717) is 24.8 Å². The lowest BCUT2D eigenvalue weighted by atomic mass is 9.54. The quantitative estimate of drug-likeness (QED) is 0.214. The Morgan fingerprint density at radius 2 is 1.95 bits per heavy atom. The molecule has 11 nitrogen and oxygen atoms in total. The standard InChI is InChI=1S/C29H44FNO10/c1-7-19(2)27(6,16-22(33)28(30)12-8-9-20-15-21(32)10-13-26(20,28)5)29(18-39-25(3,4)41-29)23(34)17-38-24(35)11-14-40-31(36)37/h10,13,15,19,22,33,36-37H,7-9,11-12,14,16-18H2,1-6H3/t19-,22+,26+,27+,28+,29+/m1/s1. The minimum absolute atomic E-state index is 0.0692. The summed E-state index contributed by atoms with van der Waals surface area (Å²) in [6.45, 7) is 9.29. The van der Waals surface area contributed by atoms with Crippen molar-refractivity contribution in [1.29, 1.82) is 0 Å². The molecule has 0 bridgehead atoms. The maximum absolute atomic E-state index is 17.2. The molecule has 3 aliphatic rings. The molecule has 0 aromatic heterocycles. The highest BCUT2D eigenvalue weighted by molar-refractivity contribution is 6.01. The molecule has 1 saturated heterocycles. The molecule has 2 fully saturated rings. The van der Waals surface area contributed by atoms with Crippen molar-refractivity contribution >= 4 is 17.5 Å². The van der Waals surface area contributed by atoms with Gasteiger partial charge in [0.05, 0.1) is 31.1 Å². The molecule has 1 aliphatic heterocycles. The molecule has 0 unspecified atom stereocenters. The molecular formula is C29H44FNO10. The number of alkyl halides is 1. The number of rotatable bonds is 13. The van der Waals surface area contributed by atoms with E-state index < -0.39 is 64.3 Å². The fourth-order valence-electron chi connectivity index (χ4n) is 6.59. The molecule has 0 aromatic carbocycles. The van der Waals surface area contributed by atoms with Crippen molar-refractivity contribution in [3.05, 3.63) is 23.8 Å². The highest BCUT2D eigenvalue weighted by Crippen LogP contribution is 2.58. The Morgan fingerprint density at radius 1 is 1.27 bits per heavy atom. The van der Waals surface area contributed by atoms with Crippen molar-refractivity contribution in [2.75, 3.05) is 19.8 Å². The van der Waals surface area contributed by atoms with E-state index in [1.54, 1.807) is 33.8 Å². The van der Waals surface area contributed by atoms with Crippen LogP contribution >= 0.6 is 0 Å². The molecule has 1 saturated carbocycles. The van der Waals surface area contributed by atoms with Crippen LogP contribution in [0.25, 0.3) is 0 Å². The highest BCUT2D eigenvalue weighted by Gasteiger charge is 2.66. The number of esters is 1. The number of halogens is 1. The van der Waals surface area contributed by atoms with Crippen molar-refractivity contribution in [1.82, 2.24) is 5.39 Å². The van der Waals surface area contributed by atoms with E-state index in [-0.39, 0.29) is 37.6 Å². The second kappa shape index (κ2) is 12.3. The van der Waals surface area contributed by atoms with E-state index >= 15 is 4.39 Å². The molecule has 232 valence electrons. The van der Waals surface area contributed by atoms with Gasteiger partial charge in [0.2, 0.25) is 5.78 Å². The Morgan fingerprint density at radius 3 is 2.54 bits per heavy atom. The monoisotopic (exact) mass is 585 g/mol. The van der Waals surface area contributed by atoms with Gasteiger partial charge in [-0.3, -0.25) is 29.6 Å². The van der Waals surface area contributed by atoms with E-state index in [9.17, 15) is 19.5 Å². The molecule has 2 aliphatic carbocycles. The Kier molecular flexibility index (Phi) is 10.0. The average molecular weight is 586 g/mol. The number of ether oxygens (including phenoxy) is 3. The SMILES string of the molecule is CC[C@@H](C)[C@](C)(C[C@H](O)[C@@]1(F)CCCC2=CC(=O)C=C[C@@]21C)[C@@]1(C(=O)COC(=O)CCON(O)O)COC(C)(C)O1. The summed E-state index contributed by atoms with van der Waals surface area (Å²) in [7, 11) is 0. The first-order valence-electron chi connectivity index (χ1n) is 14.1. The van der Waals surface area contributed by atoms with Crippen molar-refractivity contribution in [3.8, 4) is 0 Å². The molecule has 0 radical (unpaired) electrons. The number of carbonyl (C=O) groups excluding carboxylic acids is 3. The Bertz CT molecular complexity index is 1080. The van der Waals surface area contributed by atoms with Crippen LogP contribution in [0, 0.1) is 16.7 Å². The summed E-state index contributed by atoms with van der Waals surface area (Å²) < 4.78 is 34.6. The summed E-state index contributed by atoms with van der Waals surface area (Å²) in [4.78, 5) is 42.6. The van der Waals surface area contributed by atoms with E-state index in [0.717, 1.165) is 0 Å². The van der Waals surface area contributed by atoms with E-state index in [1.807, 2.05) is 13.8 Å². The maximum atomic E-state index is 17.2. The number of ketones is 2. The van der Waals surface area contributed by atoms with Gasteiger partial charge in [-0.25, -0.2) is 4.39 Å². The first kappa shape index (κ1) is 33.4. The molecule has 1 heterocycles. The lowest BCUT2D eigenvalue weighted by Gasteiger charge is -2.54. The number of Topliss-reactive ketones (excluding diaryl/α,β-unsaturated/α-hetero) is 1. The summed E-state index contributed by atoms with van der Waals surface area (Å²) in [5, 5.41) is 28.4. The molecule has 0 aromatic rings. The number of aliphatic hydroxyl groups excluding tert-OH is 1. The van der Waals surface area contributed by atoms with Gasteiger partial charge in [0, 0.05) is 10.8 Å². The van der Waals surface area contributed by atoms with Crippen LogP contribution in [0.2, 0.25) is 0 Å². The van der Waals surface area contributed by atoms with Crippen LogP contribution in [-0.2, 0) is 33.4 Å². The summed E-state index contributed by atoms with van der Waals surface area (Å²) in [5.74, 6) is -3.11. The third-order valence-electron chi connectivity index (χ3n) is 9.55. The first-order chi connectivity index (χ1) is 19.0. The fourth-order valence-corrected chi connectivity index (χ4v) is 6.59. The number of allylic oxidation sites excluding steroid dienone is 4. The number of fused-ring (bicyclic) bond motifs is 1. The van der Waals surface area contributed by atoms with Crippen LogP contribution in [0.4, 0.5) is 4.39 Å². The normalized spacial score (nSPS) is 32.2. The zero-order chi connectivity index (χ0) is 30.9. The van der Waals surface area contributed by atoms with Crippen LogP contribution in [0.3, 0.4) is 0 Å². The summed E-state index contributed by atoms with van der Waals surface area (Å²) >= 11 is 0. The van der Waals surface area contributed by atoms with Gasteiger partial charge in [0.15, 0.2) is 23.8 Å². The summed E-state index contributed by atoms with van der Waals surface area (Å²) in [6, 6.07) is 0. The number of carbonyl (C=O) groups is 3. The van der Waals surface area contributed by atoms with Gasteiger partial charge in [-0.1, -0.05) is 38.8 Å². The topological polar surface area (TPSA) is 152 Å². The molecule has 0 spiro atoms. The predicted octanol–water partition coefficient (Wildman–Crippen LogP) is 3.79. The Labute approximate surface area is 240 Å². The van der Waals surface area contributed by atoms with Gasteiger partial charge in [-0.15, -0.1) is 0 Å². The Balaban J connectivity index is 1.94. The molecular weight excluding hydrogens is 541 g/mol. The lowest BCUT2D eigenvalue weighted by molar-refractivity contribution is -0.492. The Hall–Kier alpha value is -2.06. The van der Waals surface area contributed by atoms with Gasteiger partial charge in [0.1, 0.15) is 5.67 Å². The van der Waals surface area contributed by atoms with Crippen LogP contribution in [-0.4, -0.2) is 81.4 Å². The number of hydrogen-bond donors (Lipinski definition) is 3. The third-order valence-corrected chi connectivity index (χ3v) is 9.55. The van der Waals surface area contributed by atoms with Crippen LogP contribution in [0.5, 0.6) is 0 Å². The summed E-state index contributed by atoms with van der Waals surface area (Å²) in [5.41, 5.74) is -5.56. The van der Waals surface area contributed by atoms with Gasteiger partial charge in [-0.2, -0.15) is 0 Å². The van der Waals surface area contributed by atoms with Gasteiger partial charge in [-0.05, 0) is 64.5 Å². The van der Waals surface area contributed by atoms with Gasteiger partial charge < -0.3 is 19.3 Å². The largest absolute Gasteiger partial charge is 0.457 e. The van der Waals surface area contributed by atoms with Gasteiger partial charge in [0.25, 0.3) is 0 Å². The van der Waals surface area contributed by atoms with Crippen LogP contribution in [0.15, 0.2) is 23.8 Å². The molecule has 6 atom stereocenters. The van der Waals surface area contributed by atoms with Crippen molar-refractivity contribution < 1.29 is 53.3 Å². The van der Waals surface area contributed by atoms with Crippen molar-refractivity contribution in [2.45, 2.75) is 103 Å². The lowest BCUT2D eigenvalue weighted by Crippen LogP contribution is -2.63. The van der Waals surface area contributed by atoms with Crippen LogP contribution < -0.4 is 0 Å². The summed E-state index contributed by atoms with van der Waals surface area (Å²) in [6.07, 6.45) is 3.90. The van der Waals surface area contributed by atoms with E-state index in [4.69, 9.17) is 24.6 Å². The zero-order valence-corrected chi connectivity index (χ0v) is 24.8. The number of hydrogen-bond acceptors (Lipinski definition) is 11. The molecule has 3 N–H and O–H groups in total. The van der Waals surface area contributed by atoms with Gasteiger partial charge >= 0.3 is 5.97 Å².